The zero-order chi connectivity index (χ0) is 15.4. The molecule has 0 atom stereocenters. The van der Waals surface area contributed by atoms with Gasteiger partial charge in [0.2, 0.25) is 0 Å². The second-order valence-corrected chi connectivity index (χ2v) is 5.42. The highest BCUT2D eigenvalue weighted by molar-refractivity contribution is 7.98. The highest BCUT2D eigenvalue weighted by atomic mass is 35.5. The Morgan fingerprint density at radius 2 is 2.14 bits per heavy atom. The van der Waals surface area contributed by atoms with Crippen LogP contribution in [-0.2, 0) is 5.75 Å². The molecule has 6 nitrogen and oxygen atoms in total. The van der Waals surface area contributed by atoms with E-state index in [-0.39, 0.29) is 11.3 Å². The Labute approximate surface area is 129 Å². The van der Waals surface area contributed by atoms with Crippen molar-refractivity contribution in [3.63, 3.8) is 0 Å². The van der Waals surface area contributed by atoms with Crippen LogP contribution in [0.2, 0.25) is 5.02 Å². The van der Waals surface area contributed by atoms with Gasteiger partial charge < -0.3 is 5.73 Å². The highest BCUT2D eigenvalue weighted by Crippen LogP contribution is 2.29. The van der Waals surface area contributed by atoms with Crippen molar-refractivity contribution in [2.24, 2.45) is 5.73 Å². The fourth-order valence-electron chi connectivity index (χ4n) is 1.59. The minimum Gasteiger partial charge on any atom is -0.366 e. The maximum absolute atomic E-state index is 11.4. The van der Waals surface area contributed by atoms with Crippen LogP contribution in [0.4, 0.5) is 5.69 Å². The van der Waals surface area contributed by atoms with Crippen molar-refractivity contribution in [1.82, 2.24) is 4.98 Å². The van der Waals surface area contributed by atoms with Gasteiger partial charge in [-0.25, -0.2) is 4.98 Å². The predicted molar refractivity (Wildman–Crippen MR) is 80.4 cm³/mol. The van der Waals surface area contributed by atoms with Crippen molar-refractivity contribution in [2.75, 3.05) is 0 Å². The summed E-state index contributed by atoms with van der Waals surface area (Å²) in [6.45, 7) is 0. The standard InChI is InChI=1S/C13H10ClN3O3S/c14-11-4-2-1-3-8(11)7-21-13-10(12(15)18)5-9(6-16-13)17(19)20/h1-6H,7H2,(H2,15,18). The molecule has 1 aromatic carbocycles. The molecule has 2 aromatic rings. The number of rotatable bonds is 5. The lowest BCUT2D eigenvalue weighted by molar-refractivity contribution is -0.385. The van der Waals surface area contributed by atoms with Gasteiger partial charge in [0, 0.05) is 16.8 Å². The van der Waals surface area contributed by atoms with Gasteiger partial charge >= 0.3 is 0 Å². The SMILES string of the molecule is NC(=O)c1cc([N+](=O)[O-])cnc1SCc1ccccc1Cl. The fraction of sp³-hybridized carbons (Fsp3) is 0.0769. The summed E-state index contributed by atoms with van der Waals surface area (Å²) in [5, 5.41) is 11.6. The number of nitrogens with zero attached hydrogens (tertiary/aromatic N) is 2. The van der Waals surface area contributed by atoms with Crippen LogP contribution in [0.1, 0.15) is 15.9 Å². The lowest BCUT2D eigenvalue weighted by Crippen LogP contribution is -2.13. The molecule has 0 fully saturated rings. The van der Waals surface area contributed by atoms with E-state index in [2.05, 4.69) is 4.98 Å². The quantitative estimate of drug-likeness (QED) is 0.518. The molecule has 2 N–H and O–H groups in total. The van der Waals surface area contributed by atoms with E-state index in [1.54, 1.807) is 6.07 Å². The van der Waals surface area contributed by atoms with Crippen LogP contribution in [0.15, 0.2) is 41.6 Å². The number of hydrogen-bond donors (Lipinski definition) is 1. The summed E-state index contributed by atoms with van der Waals surface area (Å²) in [5.41, 5.74) is 5.87. The average molecular weight is 324 g/mol. The highest BCUT2D eigenvalue weighted by Gasteiger charge is 2.16. The maximum Gasteiger partial charge on any atom is 0.288 e. The largest absolute Gasteiger partial charge is 0.366 e. The number of amides is 1. The monoisotopic (exact) mass is 323 g/mol. The summed E-state index contributed by atoms with van der Waals surface area (Å²) in [7, 11) is 0. The number of nitro groups is 1. The molecule has 0 radical (unpaired) electrons. The number of pyridine rings is 1. The van der Waals surface area contributed by atoms with Crippen molar-refractivity contribution >= 4 is 35.0 Å². The molecule has 8 heteroatoms. The van der Waals surface area contributed by atoms with Crippen LogP contribution in [0.5, 0.6) is 0 Å². The Kier molecular flexibility index (Phi) is 4.77. The van der Waals surface area contributed by atoms with Crippen LogP contribution in [0, 0.1) is 10.1 Å². The molecule has 1 aromatic heterocycles. The molecule has 1 heterocycles. The molecular formula is C13H10ClN3O3S. The normalized spacial score (nSPS) is 10.3. The summed E-state index contributed by atoms with van der Waals surface area (Å²) >= 11 is 7.29. The van der Waals surface area contributed by atoms with Gasteiger partial charge in [-0.05, 0) is 11.6 Å². The Bertz CT molecular complexity index is 709. The molecule has 2 rings (SSSR count). The minimum atomic E-state index is -0.757. The van der Waals surface area contributed by atoms with E-state index >= 15 is 0 Å². The first kappa shape index (κ1) is 15.3. The van der Waals surface area contributed by atoms with Crippen LogP contribution in [-0.4, -0.2) is 15.8 Å². The van der Waals surface area contributed by atoms with Gasteiger partial charge in [0.15, 0.2) is 0 Å². The van der Waals surface area contributed by atoms with Gasteiger partial charge in [-0.3, -0.25) is 14.9 Å². The van der Waals surface area contributed by atoms with Gasteiger partial charge in [0.25, 0.3) is 11.6 Å². The van der Waals surface area contributed by atoms with Gasteiger partial charge in [-0.1, -0.05) is 29.8 Å². The van der Waals surface area contributed by atoms with Crippen LogP contribution in [0.25, 0.3) is 0 Å². The number of nitrogens with two attached hydrogens (primary N) is 1. The van der Waals surface area contributed by atoms with E-state index in [0.717, 1.165) is 17.8 Å². The molecule has 0 aliphatic carbocycles. The Balaban J connectivity index is 2.26. The second-order valence-electron chi connectivity index (χ2n) is 4.05. The number of primary amides is 1. The molecule has 1 amide bonds. The molecule has 108 valence electrons. The molecular weight excluding hydrogens is 314 g/mol. The van der Waals surface area contributed by atoms with Crippen molar-refractivity contribution in [2.45, 2.75) is 10.8 Å². The summed E-state index contributed by atoms with van der Waals surface area (Å²) in [6.07, 6.45) is 1.10. The Hall–Kier alpha value is -2.12. The van der Waals surface area contributed by atoms with Crippen LogP contribution >= 0.6 is 23.4 Å². The number of aromatic nitrogens is 1. The number of carbonyl (C=O) groups excluding carboxylic acids is 1. The van der Waals surface area contributed by atoms with Gasteiger partial charge in [-0.15, -0.1) is 11.8 Å². The zero-order valence-corrected chi connectivity index (χ0v) is 12.2. The van der Waals surface area contributed by atoms with Gasteiger partial charge in [-0.2, -0.15) is 0 Å². The third kappa shape index (κ3) is 3.71. The smallest absolute Gasteiger partial charge is 0.288 e. The van der Waals surface area contributed by atoms with Crippen LogP contribution < -0.4 is 5.73 Å². The molecule has 0 aliphatic heterocycles. The lowest BCUT2D eigenvalue weighted by Gasteiger charge is -2.06. The van der Waals surface area contributed by atoms with Gasteiger partial charge in [0.1, 0.15) is 11.2 Å². The zero-order valence-electron chi connectivity index (χ0n) is 10.7. The summed E-state index contributed by atoms with van der Waals surface area (Å²) in [6, 6.07) is 8.40. The maximum atomic E-state index is 11.4. The summed E-state index contributed by atoms with van der Waals surface area (Å²) in [5.74, 6) is -0.280. The summed E-state index contributed by atoms with van der Waals surface area (Å²) in [4.78, 5) is 25.4. The second kappa shape index (κ2) is 6.55. The third-order valence-corrected chi connectivity index (χ3v) is 4.06. The van der Waals surface area contributed by atoms with E-state index in [0.29, 0.717) is 15.8 Å². The topological polar surface area (TPSA) is 99.1 Å². The number of halogens is 1. The van der Waals surface area contributed by atoms with E-state index in [9.17, 15) is 14.9 Å². The Morgan fingerprint density at radius 3 is 2.76 bits per heavy atom. The average Bonchev–Trinajstić information content (AvgIpc) is 2.46. The number of benzene rings is 1. The first-order valence-electron chi connectivity index (χ1n) is 5.79. The Morgan fingerprint density at radius 1 is 1.43 bits per heavy atom. The van der Waals surface area contributed by atoms with E-state index in [1.165, 1.54) is 11.8 Å². The van der Waals surface area contributed by atoms with E-state index in [4.69, 9.17) is 17.3 Å². The molecule has 0 aliphatic rings. The van der Waals surface area contributed by atoms with E-state index in [1.807, 2.05) is 18.2 Å². The van der Waals surface area contributed by atoms with Crippen molar-refractivity contribution in [1.29, 1.82) is 0 Å². The summed E-state index contributed by atoms with van der Waals surface area (Å²) < 4.78 is 0. The number of carbonyl (C=O) groups is 1. The molecule has 0 bridgehead atoms. The van der Waals surface area contributed by atoms with Gasteiger partial charge in [0.05, 0.1) is 10.5 Å². The fourth-order valence-corrected chi connectivity index (χ4v) is 2.86. The third-order valence-electron chi connectivity index (χ3n) is 2.64. The molecule has 0 saturated carbocycles. The molecule has 0 spiro atoms. The first-order chi connectivity index (χ1) is 9.99. The number of thioether (sulfide) groups is 1. The number of hydrogen-bond acceptors (Lipinski definition) is 5. The first-order valence-corrected chi connectivity index (χ1v) is 7.16. The lowest BCUT2D eigenvalue weighted by atomic mass is 10.2. The van der Waals surface area contributed by atoms with Crippen molar-refractivity contribution < 1.29 is 9.72 Å². The molecule has 0 saturated heterocycles. The van der Waals surface area contributed by atoms with E-state index < -0.39 is 10.8 Å². The van der Waals surface area contributed by atoms with Crippen LogP contribution in [0.3, 0.4) is 0 Å². The van der Waals surface area contributed by atoms with Crippen molar-refractivity contribution in [3.05, 3.63) is 62.8 Å². The van der Waals surface area contributed by atoms with Crippen molar-refractivity contribution in [3.8, 4) is 0 Å². The molecule has 0 unspecified atom stereocenters. The predicted octanol–water partition coefficient (Wildman–Crippen LogP) is 3.03. The minimum absolute atomic E-state index is 0.0289. The molecule has 21 heavy (non-hydrogen) atoms.